The van der Waals surface area contributed by atoms with Crippen molar-refractivity contribution in [3.8, 4) is 0 Å². The van der Waals surface area contributed by atoms with Crippen LogP contribution in [0.25, 0.3) is 0 Å². The van der Waals surface area contributed by atoms with Gasteiger partial charge in [0.2, 0.25) is 0 Å². The molecule has 11 heavy (non-hydrogen) atoms. The van der Waals surface area contributed by atoms with Crippen molar-refractivity contribution in [2.24, 2.45) is 0 Å². The highest BCUT2D eigenvalue weighted by Crippen LogP contribution is 1.90. The summed E-state index contributed by atoms with van der Waals surface area (Å²) in [6.45, 7) is 7.84. The lowest BCUT2D eigenvalue weighted by molar-refractivity contribution is -0.137. The molecule has 0 amide bonds. The zero-order valence-electron chi connectivity index (χ0n) is 6.92. The van der Waals surface area contributed by atoms with E-state index in [-0.39, 0.29) is 6.42 Å². The highest BCUT2D eigenvalue weighted by Gasteiger charge is 2.02. The summed E-state index contributed by atoms with van der Waals surface area (Å²) >= 11 is 0. The normalized spacial score (nSPS) is 10.0. The Labute approximate surface area is 67.3 Å². The topological polar surface area (TPSA) is 40.5 Å². The van der Waals surface area contributed by atoms with E-state index in [0.29, 0.717) is 6.54 Å². The zero-order chi connectivity index (χ0) is 8.69. The Morgan fingerprint density at radius 2 is 2.36 bits per heavy atom. The highest BCUT2D eigenvalue weighted by atomic mass is 16.4. The van der Waals surface area contributed by atoms with Gasteiger partial charge in [-0.15, -0.1) is 6.58 Å². The van der Waals surface area contributed by atoms with E-state index < -0.39 is 5.97 Å². The molecule has 1 N–H and O–H groups in total. The summed E-state index contributed by atoms with van der Waals surface area (Å²) in [7, 11) is 0. The quantitative estimate of drug-likeness (QED) is 0.584. The van der Waals surface area contributed by atoms with Crippen LogP contribution in [-0.4, -0.2) is 35.6 Å². The van der Waals surface area contributed by atoms with Crippen LogP contribution in [0.1, 0.15) is 13.3 Å². The molecule has 0 aromatic heterocycles. The number of carboxylic acid groups (broad SMARTS) is 1. The number of carbonyl (C=O) groups is 1. The smallest absolute Gasteiger partial charge is 0.304 e. The van der Waals surface area contributed by atoms with Gasteiger partial charge in [-0.3, -0.25) is 9.69 Å². The molecule has 0 atom stereocenters. The fraction of sp³-hybridized carbons (Fsp3) is 0.625. The molecule has 0 radical (unpaired) electrons. The predicted octanol–water partition coefficient (Wildman–Crippen LogP) is 0.969. The standard InChI is InChI=1S/C8H15NO2/c1-3-6-9(4-2)7-5-8(10)11/h3H,1,4-7H2,2H3,(H,10,11). The van der Waals surface area contributed by atoms with E-state index in [2.05, 4.69) is 6.58 Å². The molecule has 3 nitrogen and oxygen atoms in total. The van der Waals surface area contributed by atoms with Gasteiger partial charge in [0.15, 0.2) is 0 Å². The molecule has 0 aliphatic rings. The SMILES string of the molecule is C=CCN(CC)CCC(=O)O. The van der Waals surface area contributed by atoms with Gasteiger partial charge < -0.3 is 5.11 Å². The van der Waals surface area contributed by atoms with Gasteiger partial charge in [-0.2, -0.15) is 0 Å². The summed E-state index contributed by atoms with van der Waals surface area (Å²) in [5.41, 5.74) is 0. The van der Waals surface area contributed by atoms with Crippen molar-refractivity contribution >= 4 is 5.97 Å². The van der Waals surface area contributed by atoms with Gasteiger partial charge >= 0.3 is 5.97 Å². The van der Waals surface area contributed by atoms with Crippen LogP contribution in [0.2, 0.25) is 0 Å². The Morgan fingerprint density at radius 3 is 2.73 bits per heavy atom. The maximum atomic E-state index is 10.2. The van der Waals surface area contributed by atoms with Crippen molar-refractivity contribution in [1.82, 2.24) is 4.90 Å². The summed E-state index contributed by atoms with van der Waals surface area (Å²) in [6.07, 6.45) is 1.99. The van der Waals surface area contributed by atoms with E-state index in [1.807, 2.05) is 11.8 Å². The molecule has 0 aliphatic heterocycles. The first kappa shape index (κ1) is 10.2. The van der Waals surface area contributed by atoms with E-state index in [1.165, 1.54) is 0 Å². The molecule has 0 aromatic carbocycles. The molecule has 0 bridgehead atoms. The Bertz CT molecular complexity index is 134. The fourth-order valence-electron chi connectivity index (χ4n) is 0.815. The minimum absolute atomic E-state index is 0.210. The molecular formula is C8H15NO2. The van der Waals surface area contributed by atoms with E-state index in [0.717, 1.165) is 13.1 Å². The van der Waals surface area contributed by atoms with Crippen LogP contribution in [0.3, 0.4) is 0 Å². The van der Waals surface area contributed by atoms with Crippen LogP contribution >= 0.6 is 0 Å². The Morgan fingerprint density at radius 1 is 1.73 bits per heavy atom. The van der Waals surface area contributed by atoms with E-state index in [4.69, 9.17) is 5.11 Å². The molecule has 0 saturated heterocycles. The van der Waals surface area contributed by atoms with Crippen molar-refractivity contribution in [2.45, 2.75) is 13.3 Å². The molecule has 0 aromatic rings. The Balaban J connectivity index is 3.51. The lowest BCUT2D eigenvalue weighted by Gasteiger charge is -2.16. The van der Waals surface area contributed by atoms with Gasteiger partial charge in [-0.05, 0) is 6.54 Å². The van der Waals surface area contributed by atoms with E-state index in [9.17, 15) is 4.79 Å². The predicted molar refractivity (Wildman–Crippen MR) is 44.6 cm³/mol. The minimum Gasteiger partial charge on any atom is -0.481 e. The van der Waals surface area contributed by atoms with Gasteiger partial charge in [0.05, 0.1) is 6.42 Å². The van der Waals surface area contributed by atoms with E-state index >= 15 is 0 Å². The third-order valence-electron chi connectivity index (χ3n) is 1.48. The number of carboxylic acids is 1. The van der Waals surface area contributed by atoms with Crippen LogP contribution in [0.4, 0.5) is 0 Å². The number of nitrogens with zero attached hydrogens (tertiary/aromatic N) is 1. The van der Waals surface area contributed by atoms with Gasteiger partial charge in [0.1, 0.15) is 0 Å². The molecule has 0 aliphatic carbocycles. The number of rotatable bonds is 6. The molecule has 0 saturated carbocycles. The molecular weight excluding hydrogens is 142 g/mol. The molecule has 0 heterocycles. The molecule has 0 spiro atoms. The average molecular weight is 157 g/mol. The van der Waals surface area contributed by atoms with Crippen LogP contribution in [-0.2, 0) is 4.79 Å². The summed E-state index contributed by atoms with van der Waals surface area (Å²) in [6, 6.07) is 0. The third kappa shape index (κ3) is 5.61. The summed E-state index contributed by atoms with van der Waals surface area (Å²) in [4.78, 5) is 12.2. The highest BCUT2D eigenvalue weighted by molar-refractivity contribution is 5.66. The molecule has 0 unspecified atom stereocenters. The largest absolute Gasteiger partial charge is 0.481 e. The Hall–Kier alpha value is -0.830. The number of aliphatic carboxylic acids is 1. The van der Waals surface area contributed by atoms with Gasteiger partial charge in [0, 0.05) is 13.1 Å². The Kier molecular flexibility index (Phi) is 5.47. The van der Waals surface area contributed by atoms with Crippen molar-refractivity contribution in [1.29, 1.82) is 0 Å². The van der Waals surface area contributed by atoms with E-state index in [1.54, 1.807) is 6.08 Å². The second-order valence-corrected chi connectivity index (χ2v) is 2.33. The van der Waals surface area contributed by atoms with Crippen molar-refractivity contribution in [3.63, 3.8) is 0 Å². The first-order valence-electron chi connectivity index (χ1n) is 3.75. The van der Waals surface area contributed by atoms with Crippen LogP contribution in [0.15, 0.2) is 12.7 Å². The van der Waals surface area contributed by atoms with Crippen LogP contribution in [0, 0.1) is 0 Å². The lowest BCUT2D eigenvalue weighted by atomic mass is 10.3. The second kappa shape index (κ2) is 5.92. The van der Waals surface area contributed by atoms with Gasteiger partial charge in [-0.1, -0.05) is 13.0 Å². The number of likely N-dealkylation sites (N-methyl/N-ethyl adjacent to an activating group) is 1. The third-order valence-corrected chi connectivity index (χ3v) is 1.48. The first-order valence-corrected chi connectivity index (χ1v) is 3.75. The van der Waals surface area contributed by atoms with Crippen LogP contribution in [0.5, 0.6) is 0 Å². The van der Waals surface area contributed by atoms with Crippen LogP contribution < -0.4 is 0 Å². The average Bonchev–Trinajstić information content (AvgIpc) is 1.97. The molecule has 0 rings (SSSR count). The monoisotopic (exact) mass is 157 g/mol. The second-order valence-electron chi connectivity index (χ2n) is 2.33. The van der Waals surface area contributed by atoms with Gasteiger partial charge in [-0.25, -0.2) is 0 Å². The van der Waals surface area contributed by atoms with Crippen molar-refractivity contribution in [2.75, 3.05) is 19.6 Å². The zero-order valence-corrected chi connectivity index (χ0v) is 6.92. The maximum Gasteiger partial charge on any atom is 0.304 e. The fourth-order valence-corrected chi connectivity index (χ4v) is 0.815. The first-order chi connectivity index (χ1) is 5.20. The molecule has 64 valence electrons. The molecule has 0 fully saturated rings. The van der Waals surface area contributed by atoms with Crippen molar-refractivity contribution in [3.05, 3.63) is 12.7 Å². The summed E-state index contributed by atoms with van der Waals surface area (Å²) in [5.74, 6) is -0.743. The number of hydrogen-bond acceptors (Lipinski definition) is 2. The number of hydrogen-bond donors (Lipinski definition) is 1. The molecule has 3 heteroatoms. The minimum atomic E-state index is -0.743. The maximum absolute atomic E-state index is 10.2. The summed E-state index contributed by atoms with van der Waals surface area (Å²) < 4.78 is 0. The summed E-state index contributed by atoms with van der Waals surface area (Å²) in [5, 5.41) is 8.37. The van der Waals surface area contributed by atoms with Crippen molar-refractivity contribution < 1.29 is 9.90 Å². The van der Waals surface area contributed by atoms with Gasteiger partial charge in [0.25, 0.3) is 0 Å². The lowest BCUT2D eigenvalue weighted by Crippen LogP contribution is -2.26.